The van der Waals surface area contributed by atoms with Crippen LogP contribution in [0.2, 0.25) is 0 Å². The van der Waals surface area contributed by atoms with Crippen LogP contribution in [0.4, 0.5) is 11.5 Å². The van der Waals surface area contributed by atoms with Gasteiger partial charge in [0.2, 0.25) is 0 Å². The minimum atomic E-state index is -0.188. The molecule has 1 N–H and O–H groups in total. The van der Waals surface area contributed by atoms with Gasteiger partial charge in [-0.1, -0.05) is 48.5 Å². The Labute approximate surface area is 166 Å². The van der Waals surface area contributed by atoms with Gasteiger partial charge < -0.3 is 10.2 Å². The van der Waals surface area contributed by atoms with Crippen molar-refractivity contribution in [3.63, 3.8) is 0 Å². The van der Waals surface area contributed by atoms with Gasteiger partial charge in [-0.15, -0.1) is 0 Å². The van der Waals surface area contributed by atoms with Crippen molar-refractivity contribution in [1.29, 1.82) is 0 Å². The molecule has 0 aliphatic heterocycles. The Kier molecular flexibility index (Phi) is 5.73. The Morgan fingerprint density at radius 1 is 0.964 bits per heavy atom. The van der Waals surface area contributed by atoms with E-state index in [-0.39, 0.29) is 11.4 Å². The first-order valence-corrected chi connectivity index (χ1v) is 9.47. The first-order chi connectivity index (χ1) is 13.4. The first kappa shape index (κ1) is 19.5. The van der Waals surface area contributed by atoms with Crippen LogP contribution in [0.1, 0.15) is 38.2 Å². The molecule has 0 fully saturated rings. The van der Waals surface area contributed by atoms with Crippen molar-refractivity contribution >= 4 is 17.4 Å². The average Bonchev–Trinajstić information content (AvgIpc) is 2.68. The van der Waals surface area contributed by atoms with E-state index in [4.69, 9.17) is 0 Å². The number of nitrogens with one attached hydrogen (secondary N) is 1. The highest BCUT2D eigenvalue weighted by molar-refractivity contribution is 6.05. The van der Waals surface area contributed by atoms with Gasteiger partial charge in [-0.25, -0.2) is 9.97 Å². The molecule has 0 saturated carbocycles. The molecule has 2 aromatic carbocycles. The van der Waals surface area contributed by atoms with Crippen LogP contribution in [-0.2, 0) is 0 Å². The van der Waals surface area contributed by atoms with Crippen LogP contribution in [-0.4, -0.2) is 28.0 Å². The van der Waals surface area contributed by atoms with Gasteiger partial charge in [0.25, 0.3) is 5.91 Å². The van der Waals surface area contributed by atoms with Crippen LogP contribution < -0.4 is 10.2 Å². The molecule has 144 valence electrons. The summed E-state index contributed by atoms with van der Waals surface area (Å²) in [6.45, 7) is 8.68. The molecule has 5 heteroatoms. The molecule has 0 aliphatic carbocycles. The lowest BCUT2D eigenvalue weighted by atomic mass is 10.1. The monoisotopic (exact) mass is 374 g/mol. The van der Waals surface area contributed by atoms with Crippen LogP contribution in [0.3, 0.4) is 0 Å². The number of carbonyl (C=O) groups excluding carboxylic acids is 1. The molecule has 0 unspecified atom stereocenters. The Bertz CT molecular complexity index is 934. The minimum absolute atomic E-state index is 0.148. The fourth-order valence-corrected chi connectivity index (χ4v) is 2.91. The molecular formula is C23H26N4O. The van der Waals surface area contributed by atoms with Gasteiger partial charge in [0.15, 0.2) is 5.82 Å². The second kappa shape index (κ2) is 8.21. The highest BCUT2D eigenvalue weighted by Gasteiger charge is 2.21. The Balaban J connectivity index is 2.05. The highest BCUT2D eigenvalue weighted by Crippen LogP contribution is 2.22. The van der Waals surface area contributed by atoms with E-state index in [1.54, 1.807) is 11.0 Å². The molecule has 3 aromatic rings. The molecule has 0 atom stereocenters. The van der Waals surface area contributed by atoms with E-state index in [0.717, 1.165) is 11.3 Å². The second-order valence-corrected chi connectivity index (χ2v) is 7.59. The number of nitrogens with zero attached hydrogens (tertiary/aromatic N) is 3. The van der Waals surface area contributed by atoms with Crippen LogP contribution >= 0.6 is 0 Å². The Morgan fingerprint density at radius 2 is 1.57 bits per heavy atom. The molecular weight excluding hydrogens is 348 g/mol. The van der Waals surface area contributed by atoms with Crippen LogP contribution in [0.5, 0.6) is 0 Å². The molecule has 0 aliphatic rings. The number of amides is 1. The summed E-state index contributed by atoms with van der Waals surface area (Å²) in [7, 11) is 0. The highest BCUT2D eigenvalue weighted by atomic mass is 16.2. The molecule has 3 rings (SSSR count). The lowest BCUT2D eigenvalue weighted by Crippen LogP contribution is -2.32. The number of hydrogen-bond donors (Lipinski definition) is 1. The maximum absolute atomic E-state index is 13.3. The summed E-state index contributed by atoms with van der Waals surface area (Å²) in [5.74, 6) is 1.02. The van der Waals surface area contributed by atoms with Crippen LogP contribution in [0.25, 0.3) is 11.4 Å². The van der Waals surface area contributed by atoms with E-state index < -0.39 is 0 Å². The van der Waals surface area contributed by atoms with Crippen LogP contribution in [0.15, 0.2) is 66.7 Å². The molecule has 0 saturated heterocycles. The Hall–Kier alpha value is -3.21. The molecule has 0 radical (unpaired) electrons. The largest absolute Gasteiger partial charge is 0.365 e. The quantitative estimate of drug-likeness (QED) is 0.681. The number of aromatic nitrogens is 2. The summed E-state index contributed by atoms with van der Waals surface area (Å²) in [6, 6.07) is 21.1. The van der Waals surface area contributed by atoms with Crippen molar-refractivity contribution < 1.29 is 4.79 Å². The minimum Gasteiger partial charge on any atom is -0.365 e. The smallest absolute Gasteiger partial charge is 0.277 e. The summed E-state index contributed by atoms with van der Waals surface area (Å²) >= 11 is 0. The lowest BCUT2D eigenvalue weighted by molar-refractivity contribution is 0.0983. The van der Waals surface area contributed by atoms with Gasteiger partial charge >= 0.3 is 0 Å². The molecule has 5 nitrogen and oxygen atoms in total. The number of benzene rings is 2. The molecule has 0 bridgehead atoms. The fraction of sp³-hybridized carbons (Fsp3) is 0.261. The number of anilines is 2. The van der Waals surface area contributed by atoms with Crippen molar-refractivity contribution in [2.24, 2.45) is 0 Å². The predicted molar refractivity (Wildman–Crippen MR) is 115 cm³/mol. The number of rotatable bonds is 5. The molecule has 28 heavy (non-hydrogen) atoms. The number of carbonyl (C=O) groups is 1. The topological polar surface area (TPSA) is 58.1 Å². The summed E-state index contributed by atoms with van der Waals surface area (Å²) in [6.07, 6.45) is 0. The van der Waals surface area contributed by atoms with Crippen molar-refractivity contribution in [2.75, 3.05) is 16.8 Å². The van der Waals surface area contributed by atoms with Gasteiger partial charge in [0.05, 0.1) is 0 Å². The third kappa shape index (κ3) is 4.74. The van der Waals surface area contributed by atoms with Gasteiger partial charge in [-0.05, 0) is 39.8 Å². The Morgan fingerprint density at radius 3 is 2.14 bits per heavy atom. The van der Waals surface area contributed by atoms with Gasteiger partial charge in [0, 0.05) is 29.4 Å². The zero-order valence-corrected chi connectivity index (χ0v) is 16.8. The first-order valence-electron chi connectivity index (χ1n) is 9.47. The van der Waals surface area contributed by atoms with Crippen molar-refractivity contribution in [1.82, 2.24) is 9.97 Å². The van der Waals surface area contributed by atoms with E-state index in [9.17, 15) is 4.79 Å². The SMILES string of the molecule is CCN(C(=O)c1cc(NC(C)(C)C)nc(-c2ccccc2)n1)c1ccccc1. The fourth-order valence-electron chi connectivity index (χ4n) is 2.91. The normalized spacial score (nSPS) is 11.1. The van der Waals surface area contributed by atoms with Crippen LogP contribution in [0, 0.1) is 0 Å². The zero-order chi connectivity index (χ0) is 20.1. The predicted octanol–water partition coefficient (Wildman–Crippen LogP) is 5.02. The summed E-state index contributed by atoms with van der Waals surface area (Å²) in [5.41, 5.74) is 1.90. The van der Waals surface area contributed by atoms with Crippen molar-refractivity contribution in [3.8, 4) is 11.4 Å². The van der Waals surface area contributed by atoms with Gasteiger partial charge in [-0.3, -0.25) is 4.79 Å². The third-order valence-electron chi connectivity index (χ3n) is 4.11. The maximum atomic E-state index is 13.3. The standard InChI is InChI=1S/C23H26N4O/c1-5-27(18-14-10-7-11-15-18)22(28)19-16-20(26-23(2,3)4)25-21(24-19)17-12-8-6-9-13-17/h6-16H,5H2,1-4H3,(H,24,25,26). The summed E-state index contributed by atoms with van der Waals surface area (Å²) in [4.78, 5) is 24.2. The average molecular weight is 374 g/mol. The molecule has 1 heterocycles. The van der Waals surface area contributed by atoms with Crippen molar-refractivity contribution in [2.45, 2.75) is 33.2 Å². The molecule has 1 aromatic heterocycles. The third-order valence-corrected chi connectivity index (χ3v) is 4.11. The molecule has 0 spiro atoms. The maximum Gasteiger partial charge on any atom is 0.277 e. The van der Waals surface area contributed by atoms with Gasteiger partial charge in [-0.2, -0.15) is 0 Å². The van der Waals surface area contributed by atoms with Crippen molar-refractivity contribution in [3.05, 3.63) is 72.4 Å². The second-order valence-electron chi connectivity index (χ2n) is 7.59. The number of para-hydroxylation sites is 1. The van der Waals surface area contributed by atoms with E-state index in [1.165, 1.54) is 0 Å². The van der Waals surface area contributed by atoms with E-state index in [2.05, 4.69) is 36.1 Å². The lowest BCUT2D eigenvalue weighted by Gasteiger charge is -2.23. The molecule has 1 amide bonds. The van der Waals surface area contributed by atoms with E-state index in [1.807, 2.05) is 67.6 Å². The van der Waals surface area contributed by atoms with E-state index in [0.29, 0.717) is 23.9 Å². The zero-order valence-electron chi connectivity index (χ0n) is 16.8. The number of hydrogen-bond acceptors (Lipinski definition) is 4. The van der Waals surface area contributed by atoms with E-state index >= 15 is 0 Å². The summed E-state index contributed by atoms with van der Waals surface area (Å²) in [5, 5.41) is 3.36. The van der Waals surface area contributed by atoms with Gasteiger partial charge in [0.1, 0.15) is 11.5 Å². The summed E-state index contributed by atoms with van der Waals surface area (Å²) < 4.78 is 0.